The smallest absolute Gasteiger partial charge is 0.342 e. The number of aliphatic hydroxyl groups excluding tert-OH is 2. The molecule has 0 aromatic rings. The van der Waals surface area contributed by atoms with Crippen LogP contribution in [0.4, 0.5) is 0 Å². The summed E-state index contributed by atoms with van der Waals surface area (Å²) in [5.74, 6) is -5.59. The van der Waals surface area contributed by atoms with Gasteiger partial charge in [0.05, 0.1) is 11.5 Å². The summed E-state index contributed by atoms with van der Waals surface area (Å²) in [6, 6.07) is 0. The molecule has 0 aromatic heterocycles. The lowest BCUT2D eigenvalue weighted by Crippen LogP contribution is -2.68. The average Bonchev–Trinajstić information content (AvgIpc) is 3.42. The standard InChI is InChI=1S/C28H38O13/c1-11-9-18(36-13(3)29)22(38-15(5)31)26(7)19(37-14(4)30)10-17(33)12(2)20(26)23(39-16(6)32)28-24(21(11)34)40-25(35)27(28,8)41-28/h9,12,17-24,33-34H,10H2,1-8H3/b11-9-/t12-,17-,18-,19-,20+,21-,22-,23-,24-,26-,27-,28+/m0/s1. The Hall–Kier alpha value is -3.03. The van der Waals surface area contributed by atoms with Gasteiger partial charge in [-0.3, -0.25) is 19.2 Å². The van der Waals surface area contributed by atoms with Gasteiger partial charge < -0.3 is 38.6 Å². The van der Waals surface area contributed by atoms with Crippen molar-refractivity contribution >= 4 is 29.8 Å². The molecule has 0 bridgehead atoms. The van der Waals surface area contributed by atoms with E-state index in [4.69, 9.17) is 28.4 Å². The zero-order chi connectivity index (χ0) is 30.8. The van der Waals surface area contributed by atoms with Crippen LogP contribution < -0.4 is 0 Å². The molecule has 1 saturated carbocycles. The first-order valence-corrected chi connectivity index (χ1v) is 13.6. The molecule has 0 radical (unpaired) electrons. The third kappa shape index (κ3) is 4.71. The summed E-state index contributed by atoms with van der Waals surface area (Å²) in [4.78, 5) is 63.0. The van der Waals surface area contributed by atoms with Crippen molar-refractivity contribution < 1.29 is 62.6 Å². The normalized spacial score (nSPS) is 46.2. The third-order valence-electron chi connectivity index (χ3n) is 9.20. The number of hydrogen-bond donors (Lipinski definition) is 2. The molecule has 0 unspecified atom stereocenters. The van der Waals surface area contributed by atoms with Crippen molar-refractivity contribution in [1.29, 1.82) is 0 Å². The van der Waals surface area contributed by atoms with Crippen molar-refractivity contribution in [3.8, 4) is 0 Å². The van der Waals surface area contributed by atoms with Crippen LogP contribution in [-0.4, -0.2) is 94.0 Å². The predicted molar refractivity (Wildman–Crippen MR) is 135 cm³/mol. The number of carbonyl (C=O) groups excluding carboxylic acids is 5. The van der Waals surface area contributed by atoms with E-state index in [9.17, 15) is 34.2 Å². The van der Waals surface area contributed by atoms with Crippen LogP contribution in [0.15, 0.2) is 11.6 Å². The topological polar surface area (TPSA) is 184 Å². The van der Waals surface area contributed by atoms with Gasteiger partial charge in [-0.25, -0.2) is 4.79 Å². The highest BCUT2D eigenvalue weighted by molar-refractivity contribution is 5.89. The Morgan fingerprint density at radius 2 is 1.44 bits per heavy atom. The second-order valence-electron chi connectivity index (χ2n) is 11.9. The molecule has 0 aromatic carbocycles. The van der Waals surface area contributed by atoms with Crippen LogP contribution in [0.2, 0.25) is 0 Å². The minimum absolute atomic E-state index is 0.0968. The SMILES string of the molecule is CC(=O)O[C@H]1/C=C(/C)[C@H](O)[C@@H]2OC(=O)[C@]3(C)O[C@]23[C@@H](OC(C)=O)[C@H]2[C@@H](C)[C@@H](O)C[C@H](OC(C)=O)[C@]2(C)[C@H]1OC(C)=O. The van der Waals surface area contributed by atoms with E-state index >= 15 is 0 Å². The van der Waals surface area contributed by atoms with E-state index in [1.807, 2.05) is 0 Å². The van der Waals surface area contributed by atoms with Crippen LogP contribution in [0.3, 0.4) is 0 Å². The maximum atomic E-state index is 13.1. The van der Waals surface area contributed by atoms with E-state index in [1.54, 1.807) is 13.8 Å². The molecule has 2 aliphatic heterocycles. The summed E-state index contributed by atoms with van der Waals surface area (Å²) < 4.78 is 34.9. The molecule has 13 heteroatoms. The van der Waals surface area contributed by atoms with Gasteiger partial charge in [0.2, 0.25) is 0 Å². The summed E-state index contributed by atoms with van der Waals surface area (Å²) >= 11 is 0. The maximum Gasteiger partial charge on any atom is 0.342 e. The molecule has 12 atom stereocenters. The van der Waals surface area contributed by atoms with Crippen LogP contribution in [0, 0.1) is 17.3 Å². The first-order chi connectivity index (χ1) is 18.9. The molecule has 2 aliphatic carbocycles. The molecule has 0 amide bonds. The molecule has 4 rings (SSSR count). The third-order valence-corrected chi connectivity index (χ3v) is 9.20. The molecule has 2 heterocycles. The molecule has 13 nitrogen and oxygen atoms in total. The van der Waals surface area contributed by atoms with Crippen LogP contribution >= 0.6 is 0 Å². The Kier molecular flexibility index (Phi) is 7.81. The highest BCUT2D eigenvalue weighted by Gasteiger charge is 2.88. The van der Waals surface area contributed by atoms with Gasteiger partial charge in [-0.05, 0) is 31.4 Å². The quantitative estimate of drug-likeness (QED) is 0.202. The maximum absolute atomic E-state index is 13.1. The molecule has 3 fully saturated rings. The monoisotopic (exact) mass is 582 g/mol. The number of aliphatic hydroxyl groups is 2. The highest BCUT2D eigenvalue weighted by atomic mass is 16.7. The number of rotatable bonds is 4. The lowest BCUT2D eigenvalue weighted by Gasteiger charge is -2.57. The lowest BCUT2D eigenvalue weighted by atomic mass is 9.53. The summed E-state index contributed by atoms with van der Waals surface area (Å²) in [6.07, 6.45) is -8.00. The average molecular weight is 583 g/mol. The summed E-state index contributed by atoms with van der Waals surface area (Å²) in [5.41, 5.74) is -4.71. The van der Waals surface area contributed by atoms with Crippen LogP contribution in [0.5, 0.6) is 0 Å². The zero-order valence-corrected chi connectivity index (χ0v) is 24.4. The fourth-order valence-corrected chi connectivity index (χ4v) is 7.31. The van der Waals surface area contributed by atoms with Gasteiger partial charge in [-0.2, -0.15) is 0 Å². The van der Waals surface area contributed by atoms with Gasteiger partial charge in [0, 0.05) is 40.0 Å². The second-order valence-corrected chi connectivity index (χ2v) is 11.9. The number of esters is 5. The predicted octanol–water partition coefficient (Wildman–Crippen LogP) is 0.510. The lowest BCUT2D eigenvalue weighted by molar-refractivity contribution is -0.244. The van der Waals surface area contributed by atoms with E-state index in [-0.39, 0.29) is 12.0 Å². The van der Waals surface area contributed by atoms with Gasteiger partial charge in [-0.1, -0.05) is 13.8 Å². The van der Waals surface area contributed by atoms with Crippen molar-refractivity contribution in [2.75, 3.05) is 0 Å². The van der Waals surface area contributed by atoms with E-state index in [1.165, 1.54) is 26.8 Å². The Labute approximate surface area is 237 Å². The van der Waals surface area contributed by atoms with E-state index in [0.29, 0.717) is 0 Å². The van der Waals surface area contributed by atoms with Gasteiger partial charge >= 0.3 is 29.8 Å². The Morgan fingerprint density at radius 3 is 1.95 bits per heavy atom. The number of carbonyl (C=O) groups is 5. The van der Waals surface area contributed by atoms with E-state index in [2.05, 4.69) is 0 Å². The molecular weight excluding hydrogens is 544 g/mol. The highest BCUT2D eigenvalue weighted by Crippen LogP contribution is 2.66. The molecule has 228 valence electrons. The number of hydrogen-bond acceptors (Lipinski definition) is 13. The first kappa shape index (κ1) is 30.9. The Balaban J connectivity index is 2.10. The number of epoxide rings is 1. The molecule has 1 spiro atoms. The molecule has 4 aliphatic rings. The fraction of sp³-hybridized carbons (Fsp3) is 0.750. The number of fused-ring (bicyclic) bond motifs is 1. The van der Waals surface area contributed by atoms with Crippen molar-refractivity contribution in [3.05, 3.63) is 11.6 Å². The summed E-state index contributed by atoms with van der Waals surface area (Å²) in [7, 11) is 0. The van der Waals surface area contributed by atoms with Crippen LogP contribution in [0.25, 0.3) is 0 Å². The van der Waals surface area contributed by atoms with Gasteiger partial charge in [0.15, 0.2) is 29.5 Å². The Morgan fingerprint density at radius 1 is 0.902 bits per heavy atom. The molecule has 41 heavy (non-hydrogen) atoms. The van der Waals surface area contributed by atoms with Crippen LogP contribution in [0.1, 0.15) is 61.8 Å². The van der Waals surface area contributed by atoms with E-state index in [0.717, 1.165) is 20.8 Å². The molecular formula is C28H38O13. The minimum Gasteiger partial charge on any atom is -0.462 e. The van der Waals surface area contributed by atoms with Crippen LogP contribution in [-0.2, 0) is 52.4 Å². The van der Waals surface area contributed by atoms with Gasteiger partial charge in [0.25, 0.3) is 0 Å². The second kappa shape index (κ2) is 10.4. The van der Waals surface area contributed by atoms with E-state index < -0.39 is 101 Å². The first-order valence-electron chi connectivity index (χ1n) is 13.6. The van der Waals surface area contributed by atoms with Crippen molar-refractivity contribution in [2.45, 2.75) is 116 Å². The van der Waals surface area contributed by atoms with Gasteiger partial charge in [0.1, 0.15) is 18.3 Å². The van der Waals surface area contributed by atoms with Crippen molar-refractivity contribution in [1.82, 2.24) is 0 Å². The molecule has 2 saturated heterocycles. The van der Waals surface area contributed by atoms with Crippen molar-refractivity contribution in [2.24, 2.45) is 17.3 Å². The Bertz CT molecular complexity index is 1180. The summed E-state index contributed by atoms with van der Waals surface area (Å²) in [6.45, 7) is 10.9. The fourth-order valence-electron chi connectivity index (χ4n) is 7.31. The van der Waals surface area contributed by atoms with Crippen molar-refractivity contribution in [3.63, 3.8) is 0 Å². The van der Waals surface area contributed by atoms with Gasteiger partial charge in [-0.15, -0.1) is 0 Å². The summed E-state index contributed by atoms with van der Waals surface area (Å²) in [5, 5.41) is 22.7. The largest absolute Gasteiger partial charge is 0.462 e. The number of ether oxygens (including phenoxy) is 6. The minimum atomic E-state index is -1.72. The molecule has 2 N–H and O–H groups in total. The zero-order valence-electron chi connectivity index (χ0n) is 24.4.